The number of amides is 1. The Morgan fingerprint density at radius 2 is 2.17 bits per heavy atom. The van der Waals surface area contributed by atoms with Crippen LogP contribution in [0.25, 0.3) is 0 Å². The zero-order chi connectivity index (χ0) is 16.1. The molecule has 0 aliphatic carbocycles. The van der Waals surface area contributed by atoms with Gasteiger partial charge in [-0.05, 0) is 38.3 Å². The molecule has 130 valence electrons. The molecule has 1 aromatic carbocycles. The fourth-order valence-electron chi connectivity index (χ4n) is 2.51. The maximum Gasteiger partial charge on any atom is 0.222 e. The van der Waals surface area contributed by atoms with Crippen LogP contribution in [0.4, 0.5) is 0 Å². The van der Waals surface area contributed by atoms with E-state index >= 15 is 0 Å². The third kappa shape index (κ3) is 6.38. The molecule has 2 rings (SSSR count). The first-order valence-corrected chi connectivity index (χ1v) is 8.36. The van der Waals surface area contributed by atoms with Crippen LogP contribution in [0, 0.1) is 0 Å². The number of carbonyl (C=O) groups is 1. The number of hydrogen-bond donors (Lipinski definition) is 1. The Balaban J connectivity index is 0.00000264. The van der Waals surface area contributed by atoms with E-state index in [1.807, 2.05) is 11.8 Å². The topological polar surface area (TPSA) is 55.6 Å². The Labute approximate surface area is 153 Å². The average Bonchev–Trinajstić information content (AvgIpc) is 2.49. The maximum atomic E-state index is 12.2. The molecule has 1 aromatic rings. The highest BCUT2D eigenvalue weighted by Crippen LogP contribution is 2.28. The Hall–Kier alpha value is -0.680. The molecular formula is C16H23Cl3N2O2. The van der Waals surface area contributed by atoms with Crippen molar-refractivity contribution in [2.45, 2.75) is 44.8 Å². The monoisotopic (exact) mass is 380 g/mol. The molecule has 1 amide bonds. The van der Waals surface area contributed by atoms with Gasteiger partial charge in [0.05, 0.1) is 16.6 Å². The number of carbonyl (C=O) groups excluding carboxylic acids is 1. The van der Waals surface area contributed by atoms with Gasteiger partial charge < -0.3 is 15.4 Å². The van der Waals surface area contributed by atoms with Gasteiger partial charge in [0.15, 0.2) is 0 Å². The smallest absolute Gasteiger partial charge is 0.222 e. The van der Waals surface area contributed by atoms with Gasteiger partial charge in [0.1, 0.15) is 11.9 Å². The molecule has 0 saturated carbocycles. The number of benzene rings is 1. The Bertz CT molecular complexity index is 526. The van der Waals surface area contributed by atoms with Crippen molar-refractivity contribution in [2.24, 2.45) is 5.73 Å². The number of halogens is 3. The van der Waals surface area contributed by atoms with Gasteiger partial charge in [0.2, 0.25) is 5.91 Å². The molecule has 1 heterocycles. The van der Waals surface area contributed by atoms with E-state index in [1.54, 1.807) is 18.2 Å². The number of rotatable bonds is 5. The fraction of sp³-hybridized carbons (Fsp3) is 0.562. The van der Waals surface area contributed by atoms with Crippen molar-refractivity contribution in [3.63, 3.8) is 0 Å². The summed E-state index contributed by atoms with van der Waals surface area (Å²) in [5.41, 5.74) is 5.71. The second-order valence-electron chi connectivity index (χ2n) is 5.81. The van der Waals surface area contributed by atoms with E-state index in [2.05, 4.69) is 0 Å². The second kappa shape index (κ2) is 9.58. The van der Waals surface area contributed by atoms with Crippen LogP contribution in [0.15, 0.2) is 18.2 Å². The Kier molecular flexibility index (Phi) is 8.48. The first kappa shape index (κ1) is 20.4. The van der Waals surface area contributed by atoms with Crippen LogP contribution in [0.1, 0.15) is 32.6 Å². The van der Waals surface area contributed by atoms with Crippen LogP contribution in [-0.4, -0.2) is 36.0 Å². The number of hydrogen-bond acceptors (Lipinski definition) is 3. The summed E-state index contributed by atoms with van der Waals surface area (Å²) in [5.74, 6) is 0.837. The van der Waals surface area contributed by atoms with Crippen molar-refractivity contribution < 1.29 is 9.53 Å². The Morgan fingerprint density at radius 3 is 2.83 bits per heavy atom. The molecule has 2 N–H and O–H groups in total. The zero-order valence-corrected chi connectivity index (χ0v) is 15.5. The lowest BCUT2D eigenvalue weighted by atomic mass is 10.1. The quantitative estimate of drug-likeness (QED) is 0.841. The molecular weight excluding hydrogens is 359 g/mol. The highest BCUT2D eigenvalue weighted by atomic mass is 35.5. The normalized spacial score (nSPS) is 19.0. The summed E-state index contributed by atoms with van der Waals surface area (Å²) >= 11 is 11.9. The molecule has 2 unspecified atom stereocenters. The molecule has 1 aliphatic heterocycles. The number of piperidine rings is 1. The van der Waals surface area contributed by atoms with Crippen molar-refractivity contribution in [2.75, 3.05) is 13.1 Å². The molecule has 1 fully saturated rings. The van der Waals surface area contributed by atoms with Gasteiger partial charge in [-0.25, -0.2) is 0 Å². The largest absolute Gasteiger partial charge is 0.489 e. The van der Waals surface area contributed by atoms with Crippen molar-refractivity contribution >= 4 is 41.5 Å². The van der Waals surface area contributed by atoms with Gasteiger partial charge >= 0.3 is 0 Å². The van der Waals surface area contributed by atoms with E-state index in [-0.39, 0.29) is 30.5 Å². The molecule has 7 heteroatoms. The van der Waals surface area contributed by atoms with Crippen molar-refractivity contribution in [3.8, 4) is 5.75 Å². The van der Waals surface area contributed by atoms with Gasteiger partial charge in [-0.3, -0.25) is 4.79 Å². The average molecular weight is 382 g/mol. The minimum absolute atomic E-state index is 0. The van der Waals surface area contributed by atoms with Crippen molar-refractivity contribution in [1.82, 2.24) is 4.90 Å². The maximum absolute atomic E-state index is 12.2. The SMILES string of the molecule is CC(N)CCC(=O)N1CCCC(Oc2ccc(Cl)c(Cl)c2)C1.Cl. The molecule has 1 saturated heterocycles. The lowest BCUT2D eigenvalue weighted by Gasteiger charge is -2.33. The van der Waals surface area contributed by atoms with Crippen LogP contribution in [0.3, 0.4) is 0 Å². The second-order valence-corrected chi connectivity index (χ2v) is 6.63. The lowest BCUT2D eigenvalue weighted by molar-refractivity contribution is -0.134. The minimum atomic E-state index is -0.00904. The highest BCUT2D eigenvalue weighted by Gasteiger charge is 2.24. The third-order valence-corrected chi connectivity index (χ3v) is 4.48. The van der Waals surface area contributed by atoms with Crippen molar-refractivity contribution in [1.29, 1.82) is 0 Å². The van der Waals surface area contributed by atoms with Gasteiger partial charge in [0, 0.05) is 25.1 Å². The van der Waals surface area contributed by atoms with Crippen LogP contribution in [0.5, 0.6) is 5.75 Å². The molecule has 1 aliphatic rings. The van der Waals surface area contributed by atoms with E-state index < -0.39 is 0 Å². The summed E-state index contributed by atoms with van der Waals surface area (Å²) in [6.45, 7) is 3.32. The third-order valence-electron chi connectivity index (χ3n) is 3.74. The van der Waals surface area contributed by atoms with E-state index in [4.69, 9.17) is 33.7 Å². The lowest BCUT2D eigenvalue weighted by Crippen LogP contribution is -2.44. The molecule has 23 heavy (non-hydrogen) atoms. The Morgan fingerprint density at radius 1 is 1.43 bits per heavy atom. The molecule has 0 aromatic heterocycles. The van der Waals surface area contributed by atoms with E-state index in [1.165, 1.54) is 0 Å². The van der Waals surface area contributed by atoms with Gasteiger partial charge in [-0.1, -0.05) is 23.2 Å². The van der Waals surface area contributed by atoms with Crippen LogP contribution in [0.2, 0.25) is 10.0 Å². The van der Waals surface area contributed by atoms with Crippen LogP contribution >= 0.6 is 35.6 Å². The van der Waals surface area contributed by atoms with E-state index in [0.29, 0.717) is 35.2 Å². The van der Waals surface area contributed by atoms with Gasteiger partial charge in [0.25, 0.3) is 0 Å². The van der Waals surface area contributed by atoms with E-state index in [9.17, 15) is 4.79 Å². The molecule has 0 radical (unpaired) electrons. The number of ether oxygens (including phenoxy) is 1. The highest BCUT2D eigenvalue weighted by molar-refractivity contribution is 6.42. The predicted molar refractivity (Wildman–Crippen MR) is 96.8 cm³/mol. The summed E-state index contributed by atoms with van der Waals surface area (Å²) in [7, 11) is 0. The van der Waals surface area contributed by atoms with Gasteiger partial charge in [-0.15, -0.1) is 12.4 Å². The van der Waals surface area contributed by atoms with Gasteiger partial charge in [-0.2, -0.15) is 0 Å². The number of likely N-dealkylation sites (tertiary alicyclic amines) is 1. The standard InChI is InChI=1S/C16H22Cl2N2O2.ClH/c1-11(19)4-7-16(21)20-8-2-3-13(10-20)22-12-5-6-14(17)15(18)9-12;/h5-6,9,11,13H,2-4,7-8,10,19H2,1H3;1H. The summed E-state index contributed by atoms with van der Waals surface area (Å²) in [6.07, 6.45) is 3.07. The molecule has 4 nitrogen and oxygen atoms in total. The molecule has 0 bridgehead atoms. The van der Waals surface area contributed by atoms with Crippen LogP contribution in [-0.2, 0) is 4.79 Å². The summed E-state index contributed by atoms with van der Waals surface area (Å²) < 4.78 is 5.94. The first-order valence-electron chi connectivity index (χ1n) is 7.60. The fourth-order valence-corrected chi connectivity index (χ4v) is 2.80. The minimum Gasteiger partial charge on any atom is -0.489 e. The first-order chi connectivity index (χ1) is 10.5. The molecule has 0 spiro atoms. The number of nitrogens with two attached hydrogens (primary N) is 1. The molecule has 2 atom stereocenters. The van der Waals surface area contributed by atoms with Crippen LogP contribution < -0.4 is 10.5 Å². The summed E-state index contributed by atoms with van der Waals surface area (Å²) in [4.78, 5) is 14.0. The number of nitrogens with zero attached hydrogens (tertiary/aromatic N) is 1. The zero-order valence-electron chi connectivity index (χ0n) is 13.1. The van der Waals surface area contributed by atoms with Crippen molar-refractivity contribution in [3.05, 3.63) is 28.2 Å². The van der Waals surface area contributed by atoms with E-state index in [0.717, 1.165) is 19.4 Å². The summed E-state index contributed by atoms with van der Waals surface area (Å²) in [6, 6.07) is 5.27. The summed E-state index contributed by atoms with van der Waals surface area (Å²) in [5, 5.41) is 0.977. The predicted octanol–water partition coefficient (Wildman–Crippen LogP) is 3.91.